The third-order valence-electron chi connectivity index (χ3n) is 1.71. The van der Waals surface area contributed by atoms with E-state index in [-0.39, 0.29) is 17.6 Å². The van der Waals surface area contributed by atoms with E-state index in [2.05, 4.69) is 5.32 Å². The van der Waals surface area contributed by atoms with Crippen LogP contribution in [0.4, 0.5) is 0 Å². The molecule has 0 bridgehead atoms. The second-order valence-corrected chi connectivity index (χ2v) is 3.23. The molecule has 1 aliphatic rings. The predicted molar refractivity (Wildman–Crippen MR) is 37.6 cm³/mol. The maximum Gasteiger partial charge on any atom is 0.323 e. The normalized spacial score (nSPS) is 30.3. The quantitative estimate of drug-likeness (QED) is 0.536. The Hall–Kier alpha value is -0.570. The van der Waals surface area contributed by atoms with Crippen LogP contribution in [0.3, 0.4) is 0 Å². The van der Waals surface area contributed by atoms with Crippen LogP contribution in [0.25, 0.3) is 0 Å². The van der Waals surface area contributed by atoms with Gasteiger partial charge in [0.15, 0.2) is 0 Å². The van der Waals surface area contributed by atoms with Crippen LogP contribution in [0.2, 0.25) is 0 Å². The van der Waals surface area contributed by atoms with Crippen molar-refractivity contribution in [2.45, 2.75) is 31.9 Å². The monoisotopic (exact) mass is 143 g/mol. The van der Waals surface area contributed by atoms with Gasteiger partial charge in [0.05, 0.1) is 0 Å². The first-order chi connectivity index (χ1) is 4.55. The Kier molecular flexibility index (Phi) is 1.68. The molecule has 1 rings (SSSR count). The summed E-state index contributed by atoms with van der Waals surface area (Å²) in [6.45, 7) is 3.84. The van der Waals surface area contributed by atoms with Crippen LogP contribution in [-0.4, -0.2) is 24.7 Å². The molecule has 1 atom stereocenters. The molecular weight excluding hydrogens is 130 g/mol. The van der Waals surface area contributed by atoms with Crippen LogP contribution < -0.4 is 5.32 Å². The van der Waals surface area contributed by atoms with Gasteiger partial charge in [0.2, 0.25) is 0 Å². The van der Waals surface area contributed by atoms with Crippen LogP contribution >= 0.6 is 0 Å². The summed E-state index contributed by atoms with van der Waals surface area (Å²) < 4.78 is 5.05. The van der Waals surface area contributed by atoms with E-state index in [1.165, 1.54) is 0 Å². The topological polar surface area (TPSA) is 38.3 Å². The van der Waals surface area contributed by atoms with Crippen LogP contribution in [0.1, 0.15) is 20.3 Å². The smallest absolute Gasteiger partial charge is 0.323 e. The lowest BCUT2D eigenvalue weighted by Crippen LogP contribution is -2.29. The second-order valence-electron chi connectivity index (χ2n) is 3.23. The van der Waals surface area contributed by atoms with Gasteiger partial charge < -0.3 is 10.1 Å². The van der Waals surface area contributed by atoms with E-state index in [0.717, 1.165) is 6.42 Å². The van der Waals surface area contributed by atoms with Crippen LogP contribution in [-0.2, 0) is 9.53 Å². The average Bonchev–Trinajstić information content (AvgIpc) is 2.05. The molecule has 0 unspecified atom stereocenters. The molecule has 10 heavy (non-hydrogen) atoms. The largest absolute Gasteiger partial charge is 0.458 e. The van der Waals surface area contributed by atoms with Gasteiger partial charge >= 0.3 is 5.97 Å². The maximum absolute atomic E-state index is 10.9. The third-order valence-corrected chi connectivity index (χ3v) is 1.71. The molecule has 0 aromatic rings. The number of hydrogen-bond donors (Lipinski definition) is 1. The van der Waals surface area contributed by atoms with E-state index in [4.69, 9.17) is 4.74 Å². The molecule has 3 nitrogen and oxygen atoms in total. The van der Waals surface area contributed by atoms with Crippen molar-refractivity contribution in [2.75, 3.05) is 7.05 Å². The Balaban J connectivity index is 2.61. The molecule has 0 aromatic carbocycles. The number of hydrogen-bond acceptors (Lipinski definition) is 3. The molecule has 0 saturated carbocycles. The van der Waals surface area contributed by atoms with Gasteiger partial charge in [-0.1, -0.05) is 0 Å². The number of cyclic esters (lactones) is 1. The summed E-state index contributed by atoms with van der Waals surface area (Å²) in [6, 6.07) is -0.102. The molecule has 0 radical (unpaired) electrons. The van der Waals surface area contributed by atoms with Crippen molar-refractivity contribution in [3.63, 3.8) is 0 Å². The second kappa shape index (κ2) is 2.23. The van der Waals surface area contributed by atoms with Gasteiger partial charge in [-0.2, -0.15) is 0 Å². The van der Waals surface area contributed by atoms with Crippen molar-refractivity contribution in [3.05, 3.63) is 0 Å². The van der Waals surface area contributed by atoms with Crippen molar-refractivity contribution in [1.82, 2.24) is 5.32 Å². The molecule has 1 aliphatic heterocycles. The number of esters is 1. The van der Waals surface area contributed by atoms with E-state index >= 15 is 0 Å². The minimum absolute atomic E-state index is 0.102. The van der Waals surface area contributed by atoms with Gasteiger partial charge in [-0.25, -0.2) is 0 Å². The molecule has 1 fully saturated rings. The number of carbonyl (C=O) groups is 1. The molecular formula is C7H13NO2. The zero-order valence-corrected chi connectivity index (χ0v) is 6.60. The van der Waals surface area contributed by atoms with Crippen molar-refractivity contribution in [3.8, 4) is 0 Å². The lowest BCUT2D eigenvalue weighted by atomic mass is 10.0. The van der Waals surface area contributed by atoms with E-state index in [1.807, 2.05) is 13.8 Å². The first-order valence-corrected chi connectivity index (χ1v) is 3.45. The SMILES string of the molecule is CN[C@H]1CC(C)(C)OC1=O. The van der Waals surface area contributed by atoms with Crippen LogP contribution in [0.15, 0.2) is 0 Å². The lowest BCUT2D eigenvalue weighted by molar-refractivity contribution is -0.147. The molecule has 0 aromatic heterocycles. The number of ether oxygens (including phenoxy) is 1. The zero-order valence-electron chi connectivity index (χ0n) is 6.60. The Morgan fingerprint density at radius 1 is 1.70 bits per heavy atom. The molecule has 0 spiro atoms. The first-order valence-electron chi connectivity index (χ1n) is 3.45. The van der Waals surface area contributed by atoms with Crippen LogP contribution in [0, 0.1) is 0 Å². The number of nitrogens with one attached hydrogen (secondary N) is 1. The molecule has 1 N–H and O–H groups in total. The lowest BCUT2D eigenvalue weighted by Gasteiger charge is -2.14. The summed E-state index contributed by atoms with van der Waals surface area (Å²) in [4.78, 5) is 10.9. The first kappa shape index (κ1) is 7.54. The van der Waals surface area contributed by atoms with Gasteiger partial charge in [0.25, 0.3) is 0 Å². The third kappa shape index (κ3) is 1.29. The molecule has 58 valence electrons. The summed E-state index contributed by atoms with van der Waals surface area (Å²) in [5.74, 6) is -0.132. The summed E-state index contributed by atoms with van der Waals surface area (Å²) in [7, 11) is 1.77. The molecule has 1 saturated heterocycles. The Morgan fingerprint density at radius 2 is 2.30 bits per heavy atom. The Morgan fingerprint density at radius 3 is 2.50 bits per heavy atom. The highest BCUT2D eigenvalue weighted by molar-refractivity contribution is 5.78. The van der Waals surface area contributed by atoms with Gasteiger partial charge in [-0.05, 0) is 20.9 Å². The summed E-state index contributed by atoms with van der Waals surface area (Å²) >= 11 is 0. The number of likely N-dealkylation sites (N-methyl/N-ethyl adjacent to an activating group) is 1. The van der Waals surface area contributed by atoms with E-state index < -0.39 is 0 Å². The van der Waals surface area contributed by atoms with Crippen molar-refractivity contribution in [1.29, 1.82) is 0 Å². The summed E-state index contributed by atoms with van der Waals surface area (Å²) in [6.07, 6.45) is 0.766. The van der Waals surface area contributed by atoms with E-state index in [0.29, 0.717) is 0 Å². The highest BCUT2D eigenvalue weighted by atomic mass is 16.6. The van der Waals surface area contributed by atoms with E-state index in [9.17, 15) is 4.79 Å². The standard InChI is InChI=1S/C7H13NO2/c1-7(2)4-5(8-3)6(9)10-7/h5,8H,4H2,1-3H3/t5-/m0/s1. The fourth-order valence-corrected chi connectivity index (χ4v) is 1.18. The molecule has 0 amide bonds. The Labute approximate surface area is 60.7 Å². The van der Waals surface area contributed by atoms with Gasteiger partial charge in [0, 0.05) is 6.42 Å². The van der Waals surface area contributed by atoms with E-state index in [1.54, 1.807) is 7.05 Å². The molecule has 3 heteroatoms. The predicted octanol–water partition coefficient (Wildman–Crippen LogP) is 0.300. The van der Waals surface area contributed by atoms with Crippen molar-refractivity contribution >= 4 is 5.97 Å². The average molecular weight is 143 g/mol. The fraction of sp³-hybridized carbons (Fsp3) is 0.857. The minimum atomic E-state index is -0.273. The highest BCUT2D eigenvalue weighted by Crippen LogP contribution is 2.24. The van der Waals surface area contributed by atoms with Crippen LogP contribution in [0.5, 0.6) is 0 Å². The Bertz CT molecular complexity index is 154. The van der Waals surface area contributed by atoms with Gasteiger partial charge in [-0.15, -0.1) is 0 Å². The van der Waals surface area contributed by atoms with Gasteiger partial charge in [0.1, 0.15) is 11.6 Å². The van der Waals surface area contributed by atoms with Crippen molar-refractivity contribution in [2.24, 2.45) is 0 Å². The fourth-order valence-electron chi connectivity index (χ4n) is 1.18. The summed E-state index contributed by atoms with van der Waals surface area (Å²) in [5, 5.41) is 2.89. The highest BCUT2D eigenvalue weighted by Gasteiger charge is 2.38. The van der Waals surface area contributed by atoms with Crippen molar-refractivity contribution < 1.29 is 9.53 Å². The number of carbonyl (C=O) groups excluding carboxylic acids is 1. The maximum atomic E-state index is 10.9. The van der Waals surface area contributed by atoms with Gasteiger partial charge in [-0.3, -0.25) is 4.79 Å². The summed E-state index contributed by atoms with van der Waals surface area (Å²) in [5.41, 5.74) is -0.273. The zero-order chi connectivity index (χ0) is 7.78. The molecule has 1 heterocycles. The number of rotatable bonds is 1. The minimum Gasteiger partial charge on any atom is -0.458 e. The molecule has 0 aliphatic carbocycles.